The van der Waals surface area contributed by atoms with Gasteiger partial charge in [0.15, 0.2) is 5.75 Å². The molecule has 36 heavy (non-hydrogen) atoms. The zero-order valence-corrected chi connectivity index (χ0v) is 19.9. The van der Waals surface area contributed by atoms with Crippen molar-refractivity contribution in [3.63, 3.8) is 0 Å². The zero-order valence-electron chi connectivity index (χ0n) is 19.9. The first-order chi connectivity index (χ1) is 17.3. The molecule has 0 bridgehead atoms. The Kier molecular flexibility index (Phi) is 9.34. The normalized spacial score (nSPS) is 10.9. The van der Waals surface area contributed by atoms with Crippen molar-refractivity contribution in [2.24, 2.45) is 0 Å². The molecule has 0 aliphatic carbocycles. The lowest BCUT2D eigenvalue weighted by molar-refractivity contribution is 0.0918. The van der Waals surface area contributed by atoms with Crippen LogP contribution < -0.4 is 16.2 Å². The molecule has 0 radical (unpaired) electrons. The fourth-order valence-electron chi connectivity index (χ4n) is 3.77. The van der Waals surface area contributed by atoms with Crippen LogP contribution in [-0.2, 0) is 17.7 Å². The summed E-state index contributed by atoms with van der Waals surface area (Å²) in [5, 5.41) is 24.4. The minimum Gasteiger partial charge on any atom is -0.505 e. The van der Waals surface area contributed by atoms with Gasteiger partial charge in [-0.15, -0.1) is 0 Å². The van der Waals surface area contributed by atoms with Crippen LogP contribution in [0, 0.1) is 5.82 Å². The van der Waals surface area contributed by atoms with E-state index in [0.717, 1.165) is 11.1 Å². The third-order valence-corrected chi connectivity index (χ3v) is 5.50. The molecule has 2 amide bonds. The van der Waals surface area contributed by atoms with Crippen LogP contribution in [0.3, 0.4) is 0 Å². The number of nitrogens with zero attached hydrogens (tertiary/aromatic N) is 2. The number of amides is 2. The molecule has 2 heterocycles. The van der Waals surface area contributed by atoms with Crippen molar-refractivity contribution in [3.05, 3.63) is 69.4 Å². The maximum Gasteiger partial charge on any atom is 0.404 e. The van der Waals surface area contributed by atoms with E-state index in [1.165, 1.54) is 22.9 Å². The van der Waals surface area contributed by atoms with Crippen LogP contribution in [0.15, 0.2) is 41.3 Å². The molecule has 0 spiro atoms. The molecule has 3 rings (SSSR count). The Morgan fingerprint density at radius 1 is 1.11 bits per heavy atom. The van der Waals surface area contributed by atoms with E-state index in [2.05, 4.69) is 15.6 Å². The van der Waals surface area contributed by atoms with Gasteiger partial charge in [0.25, 0.3) is 11.5 Å². The quantitative estimate of drug-likeness (QED) is 0.280. The van der Waals surface area contributed by atoms with Gasteiger partial charge in [0.05, 0.1) is 12.1 Å². The molecule has 0 fully saturated rings. The summed E-state index contributed by atoms with van der Waals surface area (Å²) in [6, 6.07) is 7.71. The predicted molar refractivity (Wildman–Crippen MR) is 131 cm³/mol. The zero-order chi connectivity index (χ0) is 26.1. The van der Waals surface area contributed by atoms with Crippen LogP contribution in [0.25, 0.3) is 11.0 Å². The van der Waals surface area contributed by atoms with E-state index in [1.807, 2.05) is 6.92 Å². The van der Waals surface area contributed by atoms with Gasteiger partial charge in [-0.2, -0.15) is 0 Å². The van der Waals surface area contributed by atoms with Gasteiger partial charge in [-0.25, -0.2) is 9.18 Å². The summed E-state index contributed by atoms with van der Waals surface area (Å²) in [7, 11) is 0. The number of pyridine rings is 2. The Labute approximate surface area is 206 Å². The second kappa shape index (κ2) is 12.6. The molecule has 4 N–H and O–H groups in total. The lowest BCUT2D eigenvalue weighted by Crippen LogP contribution is -2.35. The molecule has 192 valence electrons. The summed E-state index contributed by atoms with van der Waals surface area (Å²) in [4.78, 5) is 41.1. The van der Waals surface area contributed by atoms with Gasteiger partial charge in [-0.1, -0.05) is 12.1 Å². The van der Waals surface area contributed by atoms with Crippen molar-refractivity contribution < 1.29 is 28.9 Å². The third kappa shape index (κ3) is 6.79. The first-order valence-electron chi connectivity index (χ1n) is 11.6. The highest BCUT2D eigenvalue weighted by molar-refractivity contribution is 6.01. The number of ether oxygens (including phenoxy) is 1. The number of aryl methyl sites for hydroxylation is 1. The van der Waals surface area contributed by atoms with Crippen molar-refractivity contribution in [3.8, 4) is 5.75 Å². The van der Waals surface area contributed by atoms with Gasteiger partial charge in [-0.05, 0) is 55.5 Å². The van der Waals surface area contributed by atoms with Crippen LogP contribution in [0.4, 0.5) is 9.18 Å². The number of fused-ring (bicyclic) bond motifs is 1. The molecule has 11 heteroatoms. The van der Waals surface area contributed by atoms with Crippen LogP contribution in [0.2, 0.25) is 0 Å². The molecule has 10 nitrogen and oxygen atoms in total. The Morgan fingerprint density at radius 3 is 2.56 bits per heavy atom. The molecular weight excluding hydrogens is 471 g/mol. The summed E-state index contributed by atoms with van der Waals surface area (Å²) in [6.45, 7) is 3.10. The van der Waals surface area contributed by atoms with Gasteiger partial charge in [0, 0.05) is 32.4 Å². The Bertz CT molecular complexity index is 1280. The minimum absolute atomic E-state index is 0.0936. The summed E-state index contributed by atoms with van der Waals surface area (Å²) in [5.74, 6) is -1.60. The number of benzene rings is 1. The SMILES string of the molecule is CCOCCNC(=O)c1c(O)c2ncc(Cc3ccc(F)cc3)cc2n(CCCCNC(=O)O)c1=O. The first-order valence-corrected chi connectivity index (χ1v) is 11.6. The lowest BCUT2D eigenvalue weighted by atomic mass is 10.0. The highest BCUT2D eigenvalue weighted by atomic mass is 19.1. The maximum atomic E-state index is 13.3. The molecule has 0 saturated carbocycles. The largest absolute Gasteiger partial charge is 0.505 e. The second-order valence-electron chi connectivity index (χ2n) is 8.09. The number of aromatic nitrogens is 2. The highest BCUT2D eigenvalue weighted by Gasteiger charge is 2.23. The Hall–Kier alpha value is -3.99. The standard InChI is InChI=1S/C25H29FN4O6/c1-2-36-12-10-27-23(32)20-22(31)21-19(30(24(20)33)11-4-3-9-28-25(34)35)14-17(15-29-21)13-16-5-7-18(26)8-6-16/h5-8,14-15,28,31H,2-4,9-13H2,1H3,(H,27,32)(H,34,35). The van der Waals surface area contributed by atoms with Gasteiger partial charge in [-0.3, -0.25) is 14.6 Å². The number of carbonyl (C=O) groups excluding carboxylic acids is 1. The lowest BCUT2D eigenvalue weighted by Gasteiger charge is -2.15. The summed E-state index contributed by atoms with van der Waals surface area (Å²) in [5.41, 5.74) is 0.899. The molecule has 0 aliphatic heterocycles. The molecule has 0 unspecified atom stereocenters. The second-order valence-corrected chi connectivity index (χ2v) is 8.09. The first kappa shape index (κ1) is 26.6. The molecule has 1 aromatic carbocycles. The van der Waals surface area contributed by atoms with E-state index in [1.54, 1.807) is 18.2 Å². The summed E-state index contributed by atoms with van der Waals surface area (Å²) < 4.78 is 19.8. The summed E-state index contributed by atoms with van der Waals surface area (Å²) in [6.07, 6.45) is 1.71. The van der Waals surface area contributed by atoms with Crippen LogP contribution >= 0.6 is 0 Å². The maximum absolute atomic E-state index is 13.3. The fourth-order valence-corrected chi connectivity index (χ4v) is 3.77. The third-order valence-electron chi connectivity index (χ3n) is 5.50. The number of nitrogens with one attached hydrogen (secondary N) is 2. The van der Waals surface area contributed by atoms with Crippen molar-refractivity contribution in [1.29, 1.82) is 0 Å². The van der Waals surface area contributed by atoms with Crippen LogP contribution in [0.5, 0.6) is 5.75 Å². The number of aromatic hydroxyl groups is 1. The van der Waals surface area contributed by atoms with E-state index in [0.29, 0.717) is 31.4 Å². The molecule has 2 aromatic heterocycles. The van der Waals surface area contributed by atoms with Crippen molar-refractivity contribution in [2.45, 2.75) is 32.7 Å². The van der Waals surface area contributed by atoms with Gasteiger partial charge < -0.3 is 30.2 Å². The van der Waals surface area contributed by atoms with E-state index in [-0.39, 0.29) is 37.6 Å². The Balaban J connectivity index is 1.97. The van der Waals surface area contributed by atoms with Crippen molar-refractivity contribution >= 4 is 23.0 Å². The molecule has 0 atom stereocenters. The predicted octanol–water partition coefficient (Wildman–Crippen LogP) is 2.65. The van der Waals surface area contributed by atoms with E-state index < -0.39 is 28.9 Å². The minimum atomic E-state index is -1.14. The van der Waals surface area contributed by atoms with Gasteiger partial charge in [0.2, 0.25) is 0 Å². The molecule has 3 aromatic rings. The fraction of sp³-hybridized carbons (Fsp3) is 0.360. The van der Waals surface area contributed by atoms with Crippen LogP contribution in [0.1, 0.15) is 41.3 Å². The Morgan fingerprint density at radius 2 is 1.86 bits per heavy atom. The highest BCUT2D eigenvalue weighted by Crippen LogP contribution is 2.26. The van der Waals surface area contributed by atoms with E-state index >= 15 is 0 Å². The smallest absolute Gasteiger partial charge is 0.404 e. The molecular formula is C25H29FN4O6. The number of carboxylic acid groups (broad SMARTS) is 1. The van der Waals surface area contributed by atoms with Crippen molar-refractivity contribution in [2.75, 3.05) is 26.3 Å². The number of hydrogen-bond acceptors (Lipinski definition) is 6. The number of carbonyl (C=O) groups is 2. The monoisotopic (exact) mass is 500 g/mol. The number of unbranched alkanes of at least 4 members (excludes halogenated alkanes) is 1. The van der Waals surface area contributed by atoms with E-state index in [4.69, 9.17) is 9.84 Å². The average molecular weight is 501 g/mol. The number of rotatable bonds is 12. The number of hydrogen-bond donors (Lipinski definition) is 4. The van der Waals surface area contributed by atoms with E-state index in [9.17, 15) is 23.9 Å². The summed E-state index contributed by atoms with van der Waals surface area (Å²) >= 11 is 0. The van der Waals surface area contributed by atoms with Crippen molar-refractivity contribution in [1.82, 2.24) is 20.2 Å². The van der Waals surface area contributed by atoms with Crippen LogP contribution in [-0.4, -0.2) is 58.1 Å². The molecule has 0 aliphatic rings. The van der Waals surface area contributed by atoms with Gasteiger partial charge in [0.1, 0.15) is 16.9 Å². The number of halogens is 1. The topological polar surface area (TPSA) is 143 Å². The molecule has 0 saturated heterocycles. The average Bonchev–Trinajstić information content (AvgIpc) is 2.84. The van der Waals surface area contributed by atoms with Gasteiger partial charge >= 0.3 is 6.09 Å².